The number of amides is 1. The second kappa shape index (κ2) is 8.54. The molecule has 0 aliphatic rings. The molecule has 1 aromatic heterocycles. The van der Waals surface area contributed by atoms with Gasteiger partial charge < -0.3 is 10.6 Å². The van der Waals surface area contributed by atoms with Crippen LogP contribution in [0.15, 0.2) is 47.8 Å². The van der Waals surface area contributed by atoms with Crippen molar-refractivity contribution in [3.05, 3.63) is 74.7 Å². The van der Waals surface area contributed by atoms with Crippen LogP contribution in [-0.4, -0.2) is 17.4 Å². The number of aromatic nitrogens is 1. The topological polar surface area (TPSA) is 54.0 Å². The number of nitrogens with one attached hydrogen (secondary N) is 2. The Morgan fingerprint density at radius 2 is 2.04 bits per heavy atom. The Morgan fingerprint density at radius 1 is 1.19 bits per heavy atom. The number of anilines is 2. The van der Waals surface area contributed by atoms with Gasteiger partial charge in [0.15, 0.2) is 5.13 Å². The van der Waals surface area contributed by atoms with E-state index >= 15 is 0 Å². The van der Waals surface area contributed by atoms with Gasteiger partial charge in [-0.1, -0.05) is 41.4 Å². The molecule has 1 heterocycles. The van der Waals surface area contributed by atoms with Crippen LogP contribution >= 0.6 is 34.5 Å². The zero-order valence-corrected chi connectivity index (χ0v) is 16.4. The Morgan fingerprint density at radius 3 is 2.81 bits per heavy atom. The summed E-state index contributed by atoms with van der Waals surface area (Å²) in [5.74, 6) is -0.205. The van der Waals surface area contributed by atoms with E-state index in [1.807, 2.05) is 37.3 Å². The van der Waals surface area contributed by atoms with Crippen LogP contribution in [0.2, 0.25) is 10.0 Å². The van der Waals surface area contributed by atoms with Crippen molar-refractivity contribution < 1.29 is 4.79 Å². The third kappa shape index (κ3) is 4.97. The fourth-order valence-corrected chi connectivity index (χ4v) is 3.62. The molecule has 0 aliphatic heterocycles. The van der Waals surface area contributed by atoms with Crippen molar-refractivity contribution in [3.63, 3.8) is 0 Å². The van der Waals surface area contributed by atoms with E-state index in [1.54, 1.807) is 17.5 Å². The van der Waals surface area contributed by atoms with Crippen molar-refractivity contribution >= 4 is 51.3 Å². The van der Waals surface area contributed by atoms with Crippen LogP contribution in [0.1, 0.15) is 21.6 Å². The minimum absolute atomic E-state index is 0.205. The van der Waals surface area contributed by atoms with E-state index in [2.05, 4.69) is 15.6 Å². The van der Waals surface area contributed by atoms with Crippen LogP contribution in [0.3, 0.4) is 0 Å². The highest BCUT2D eigenvalue weighted by atomic mass is 35.5. The van der Waals surface area contributed by atoms with Gasteiger partial charge in [0.05, 0.1) is 0 Å². The molecule has 0 fully saturated rings. The van der Waals surface area contributed by atoms with E-state index in [1.165, 1.54) is 11.3 Å². The molecule has 0 atom stereocenters. The number of carbonyl (C=O) groups is 1. The highest BCUT2D eigenvalue weighted by Gasteiger charge is 2.11. The van der Waals surface area contributed by atoms with Gasteiger partial charge >= 0.3 is 0 Å². The molecule has 0 unspecified atom stereocenters. The first-order chi connectivity index (χ1) is 12.5. The second-order valence-electron chi connectivity index (χ2n) is 5.77. The van der Waals surface area contributed by atoms with Gasteiger partial charge in [0.1, 0.15) is 5.69 Å². The molecular weight excluding hydrogens is 389 g/mol. The first-order valence-electron chi connectivity index (χ1n) is 8.02. The maximum atomic E-state index is 12.2. The second-order valence-corrected chi connectivity index (χ2v) is 7.48. The third-order valence-corrected chi connectivity index (χ3v) is 5.05. The predicted octanol–water partition coefficient (Wildman–Crippen LogP) is 5.47. The number of rotatable bonds is 6. The van der Waals surface area contributed by atoms with Crippen LogP contribution < -0.4 is 10.6 Å². The average molecular weight is 406 g/mol. The lowest BCUT2D eigenvalue weighted by Crippen LogP contribution is -2.26. The first-order valence-corrected chi connectivity index (χ1v) is 9.66. The molecule has 2 aromatic carbocycles. The highest BCUT2D eigenvalue weighted by Crippen LogP contribution is 2.22. The van der Waals surface area contributed by atoms with Crippen molar-refractivity contribution in [2.45, 2.75) is 13.3 Å². The Balaban J connectivity index is 1.54. The van der Waals surface area contributed by atoms with Gasteiger partial charge in [0.25, 0.3) is 5.91 Å². The van der Waals surface area contributed by atoms with Gasteiger partial charge in [-0.3, -0.25) is 4.79 Å². The Hall–Kier alpha value is -2.08. The number of nitrogens with zero attached hydrogens (tertiary/aromatic N) is 1. The Kier molecular flexibility index (Phi) is 6.14. The molecule has 0 bridgehead atoms. The maximum Gasteiger partial charge on any atom is 0.270 e. The van der Waals surface area contributed by atoms with Gasteiger partial charge in [-0.25, -0.2) is 4.98 Å². The summed E-state index contributed by atoms with van der Waals surface area (Å²) in [6.07, 6.45) is 0.625. The van der Waals surface area contributed by atoms with E-state index in [9.17, 15) is 4.79 Å². The molecule has 0 radical (unpaired) electrons. The molecule has 0 spiro atoms. The molecule has 0 aliphatic carbocycles. The summed E-state index contributed by atoms with van der Waals surface area (Å²) < 4.78 is 0. The quantitative estimate of drug-likeness (QED) is 0.571. The summed E-state index contributed by atoms with van der Waals surface area (Å²) in [5.41, 5.74) is 3.44. The number of thiazole rings is 1. The van der Waals surface area contributed by atoms with Crippen LogP contribution in [0, 0.1) is 6.92 Å². The molecule has 4 nitrogen and oxygen atoms in total. The van der Waals surface area contributed by atoms with Crippen LogP contribution in [0.5, 0.6) is 0 Å². The Labute approximate surface area is 166 Å². The van der Waals surface area contributed by atoms with E-state index in [0.717, 1.165) is 16.8 Å². The number of aryl methyl sites for hydroxylation is 1. The molecule has 7 heteroatoms. The van der Waals surface area contributed by atoms with E-state index in [4.69, 9.17) is 23.2 Å². The maximum absolute atomic E-state index is 12.2. The number of benzene rings is 2. The first kappa shape index (κ1) is 18.7. The summed E-state index contributed by atoms with van der Waals surface area (Å²) in [6.45, 7) is 2.50. The lowest BCUT2D eigenvalue weighted by atomic mass is 10.1. The molecule has 0 saturated carbocycles. The minimum atomic E-state index is -0.205. The normalized spacial score (nSPS) is 10.6. The number of hydrogen-bond acceptors (Lipinski definition) is 4. The minimum Gasteiger partial charge on any atom is -0.350 e. The third-order valence-electron chi connectivity index (χ3n) is 3.70. The van der Waals surface area contributed by atoms with Crippen molar-refractivity contribution in [2.24, 2.45) is 0 Å². The Bertz CT molecular complexity index is 927. The zero-order chi connectivity index (χ0) is 18.5. The van der Waals surface area contributed by atoms with Crippen LogP contribution in [-0.2, 0) is 6.42 Å². The molecule has 0 saturated heterocycles. The van der Waals surface area contributed by atoms with Gasteiger partial charge in [0, 0.05) is 27.7 Å². The lowest BCUT2D eigenvalue weighted by Gasteiger charge is -2.06. The summed E-state index contributed by atoms with van der Waals surface area (Å²) >= 11 is 13.4. The average Bonchev–Trinajstić information content (AvgIpc) is 3.05. The van der Waals surface area contributed by atoms with Crippen molar-refractivity contribution in [1.29, 1.82) is 0 Å². The number of hydrogen-bond donors (Lipinski definition) is 2. The summed E-state index contributed by atoms with van der Waals surface area (Å²) in [5, 5.41) is 9.69. The molecule has 3 aromatic rings. The van der Waals surface area contributed by atoms with Gasteiger partial charge in [-0.05, 0) is 48.7 Å². The fraction of sp³-hybridized carbons (Fsp3) is 0.158. The fourth-order valence-electron chi connectivity index (χ4n) is 2.41. The van der Waals surface area contributed by atoms with Crippen LogP contribution in [0.25, 0.3) is 0 Å². The molecule has 26 heavy (non-hydrogen) atoms. The zero-order valence-electron chi connectivity index (χ0n) is 14.1. The smallest absolute Gasteiger partial charge is 0.270 e. The van der Waals surface area contributed by atoms with Gasteiger partial charge in [-0.2, -0.15) is 0 Å². The van der Waals surface area contributed by atoms with Crippen LogP contribution in [0.4, 0.5) is 10.8 Å². The van der Waals surface area contributed by atoms with Crippen molar-refractivity contribution in [2.75, 3.05) is 11.9 Å². The largest absolute Gasteiger partial charge is 0.350 e. The molecule has 3 rings (SSSR count). The standard InChI is InChI=1S/C19H17Cl2N3OS/c1-12-3-2-4-15(9-12)23-19-24-17(11-26-19)18(25)22-8-7-13-5-6-14(20)10-16(13)21/h2-6,9-11H,7-8H2,1H3,(H,22,25)(H,23,24). The monoisotopic (exact) mass is 405 g/mol. The van der Waals surface area contributed by atoms with Gasteiger partial charge in [0.2, 0.25) is 0 Å². The number of carbonyl (C=O) groups excluding carboxylic acids is 1. The highest BCUT2D eigenvalue weighted by molar-refractivity contribution is 7.14. The SMILES string of the molecule is Cc1cccc(Nc2nc(C(=O)NCCc3ccc(Cl)cc3Cl)cs2)c1. The predicted molar refractivity (Wildman–Crippen MR) is 109 cm³/mol. The summed E-state index contributed by atoms with van der Waals surface area (Å²) in [4.78, 5) is 16.6. The molecule has 2 N–H and O–H groups in total. The summed E-state index contributed by atoms with van der Waals surface area (Å²) in [6, 6.07) is 13.3. The van der Waals surface area contributed by atoms with E-state index < -0.39 is 0 Å². The molecular formula is C19H17Cl2N3OS. The lowest BCUT2D eigenvalue weighted by molar-refractivity contribution is 0.0950. The van der Waals surface area contributed by atoms with E-state index in [-0.39, 0.29) is 5.91 Å². The van der Waals surface area contributed by atoms with Gasteiger partial charge in [-0.15, -0.1) is 11.3 Å². The van der Waals surface area contributed by atoms with Crippen molar-refractivity contribution in [3.8, 4) is 0 Å². The summed E-state index contributed by atoms with van der Waals surface area (Å²) in [7, 11) is 0. The molecule has 1 amide bonds. The number of halogens is 2. The van der Waals surface area contributed by atoms with Crippen molar-refractivity contribution in [1.82, 2.24) is 10.3 Å². The molecule has 134 valence electrons. The van der Waals surface area contributed by atoms with E-state index in [0.29, 0.717) is 33.8 Å².